The molecule has 2 N–H and O–H groups in total. The molecule has 0 aromatic carbocycles. The normalized spacial score (nSPS) is 24.3. The summed E-state index contributed by atoms with van der Waals surface area (Å²) in [4.78, 5) is 10.9. The summed E-state index contributed by atoms with van der Waals surface area (Å²) in [6.07, 6.45) is 3.61. The molecule has 2 heterocycles. The maximum Gasteiger partial charge on any atom is 0.137 e. The molecule has 0 amide bonds. The molecule has 1 fully saturated rings. The highest BCUT2D eigenvalue weighted by molar-refractivity contribution is 5.57. The van der Waals surface area contributed by atoms with Crippen LogP contribution in [0.5, 0.6) is 0 Å². The van der Waals surface area contributed by atoms with E-state index in [0.717, 1.165) is 49.1 Å². The molecule has 4 heteroatoms. The molecular formula is C13H22N4. The molecule has 94 valence electrons. The SMILES string of the molecule is CCCc1c(N)ncnc1N1CC(C)C(C)C1. The molecule has 1 aromatic rings. The van der Waals surface area contributed by atoms with Gasteiger partial charge in [-0.3, -0.25) is 0 Å². The Morgan fingerprint density at radius 3 is 2.53 bits per heavy atom. The van der Waals surface area contributed by atoms with Gasteiger partial charge < -0.3 is 10.6 Å². The Kier molecular flexibility index (Phi) is 3.50. The molecule has 0 radical (unpaired) electrons. The van der Waals surface area contributed by atoms with Gasteiger partial charge in [-0.1, -0.05) is 27.2 Å². The smallest absolute Gasteiger partial charge is 0.137 e. The minimum atomic E-state index is 0.643. The summed E-state index contributed by atoms with van der Waals surface area (Å²) in [6.45, 7) is 8.91. The third kappa shape index (κ3) is 2.35. The Bertz CT molecular complexity index is 381. The van der Waals surface area contributed by atoms with Gasteiger partial charge >= 0.3 is 0 Å². The van der Waals surface area contributed by atoms with E-state index in [1.807, 2.05) is 0 Å². The van der Waals surface area contributed by atoms with Crippen molar-refractivity contribution in [3.8, 4) is 0 Å². The van der Waals surface area contributed by atoms with Crippen molar-refractivity contribution in [3.63, 3.8) is 0 Å². The zero-order valence-electron chi connectivity index (χ0n) is 11.0. The minimum Gasteiger partial charge on any atom is -0.383 e. The maximum atomic E-state index is 5.97. The van der Waals surface area contributed by atoms with Gasteiger partial charge in [-0.15, -0.1) is 0 Å². The van der Waals surface area contributed by atoms with Crippen molar-refractivity contribution in [2.45, 2.75) is 33.6 Å². The second-order valence-electron chi connectivity index (χ2n) is 5.17. The van der Waals surface area contributed by atoms with Crippen LogP contribution in [0.1, 0.15) is 32.8 Å². The molecule has 0 aliphatic carbocycles. The molecule has 17 heavy (non-hydrogen) atoms. The lowest BCUT2D eigenvalue weighted by Crippen LogP contribution is -2.23. The fourth-order valence-corrected chi connectivity index (χ4v) is 2.48. The maximum absolute atomic E-state index is 5.97. The molecule has 2 atom stereocenters. The number of anilines is 2. The van der Waals surface area contributed by atoms with E-state index in [4.69, 9.17) is 5.73 Å². The molecule has 0 bridgehead atoms. The fourth-order valence-electron chi connectivity index (χ4n) is 2.48. The van der Waals surface area contributed by atoms with Crippen molar-refractivity contribution in [2.75, 3.05) is 23.7 Å². The molecule has 4 nitrogen and oxygen atoms in total. The zero-order valence-corrected chi connectivity index (χ0v) is 11.0. The Morgan fingerprint density at radius 2 is 1.94 bits per heavy atom. The van der Waals surface area contributed by atoms with Gasteiger partial charge in [0.1, 0.15) is 18.0 Å². The zero-order chi connectivity index (χ0) is 12.4. The van der Waals surface area contributed by atoms with E-state index < -0.39 is 0 Å². The molecule has 0 saturated carbocycles. The first-order valence-electron chi connectivity index (χ1n) is 6.47. The van der Waals surface area contributed by atoms with Gasteiger partial charge in [-0.25, -0.2) is 9.97 Å². The Labute approximate surface area is 103 Å². The van der Waals surface area contributed by atoms with E-state index in [2.05, 4.69) is 35.6 Å². The van der Waals surface area contributed by atoms with Crippen molar-refractivity contribution in [3.05, 3.63) is 11.9 Å². The lowest BCUT2D eigenvalue weighted by molar-refractivity contribution is 0.494. The van der Waals surface area contributed by atoms with Gasteiger partial charge in [-0.2, -0.15) is 0 Å². The summed E-state index contributed by atoms with van der Waals surface area (Å²) in [5.41, 5.74) is 7.09. The first kappa shape index (κ1) is 12.1. The minimum absolute atomic E-state index is 0.643. The van der Waals surface area contributed by atoms with Gasteiger partial charge in [0.2, 0.25) is 0 Å². The van der Waals surface area contributed by atoms with Crippen LogP contribution in [0.25, 0.3) is 0 Å². The monoisotopic (exact) mass is 234 g/mol. The van der Waals surface area contributed by atoms with E-state index in [9.17, 15) is 0 Å². The molecule has 2 unspecified atom stereocenters. The van der Waals surface area contributed by atoms with E-state index >= 15 is 0 Å². The summed E-state index contributed by atoms with van der Waals surface area (Å²) in [5.74, 6) is 3.14. The van der Waals surface area contributed by atoms with Crippen LogP contribution in [0.2, 0.25) is 0 Å². The largest absolute Gasteiger partial charge is 0.383 e. The topological polar surface area (TPSA) is 55.0 Å². The summed E-state index contributed by atoms with van der Waals surface area (Å²) in [5, 5.41) is 0. The van der Waals surface area contributed by atoms with Crippen molar-refractivity contribution in [1.82, 2.24) is 9.97 Å². The number of nitrogens with two attached hydrogens (primary N) is 1. The highest BCUT2D eigenvalue weighted by Crippen LogP contribution is 2.30. The molecule has 1 aliphatic rings. The predicted octanol–water partition coefficient (Wildman–Crippen LogP) is 2.10. The lowest BCUT2D eigenvalue weighted by atomic mass is 10.0. The van der Waals surface area contributed by atoms with Gasteiger partial charge in [0.25, 0.3) is 0 Å². The average Bonchev–Trinajstić information content (AvgIpc) is 2.62. The standard InChI is InChI=1S/C13H22N4/c1-4-5-11-12(14)15-8-16-13(11)17-6-9(2)10(3)7-17/h8-10H,4-7H2,1-3H3,(H2,14,15,16). The van der Waals surface area contributed by atoms with Gasteiger partial charge in [-0.05, 0) is 18.3 Å². The number of nitrogen functional groups attached to an aromatic ring is 1. The number of nitrogens with zero attached hydrogens (tertiary/aromatic N) is 3. The van der Waals surface area contributed by atoms with Crippen LogP contribution in [0, 0.1) is 11.8 Å². The molecule has 1 aliphatic heterocycles. The Balaban J connectivity index is 2.29. The molecule has 2 rings (SSSR count). The summed E-state index contributed by atoms with van der Waals surface area (Å²) < 4.78 is 0. The summed E-state index contributed by atoms with van der Waals surface area (Å²) in [7, 11) is 0. The van der Waals surface area contributed by atoms with Gasteiger partial charge in [0.15, 0.2) is 0 Å². The van der Waals surface area contributed by atoms with Crippen LogP contribution in [-0.4, -0.2) is 23.1 Å². The van der Waals surface area contributed by atoms with Gasteiger partial charge in [0.05, 0.1) is 0 Å². The van der Waals surface area contributed by atoms with E-state index in [1.54, 1.807) is 6.33 Å². The molecule has 0 spiro atoms. The second-order valence-corrected chi connectivity index (χ2v) is 5.17. The van der Waals surface area contributed by atoms with Crippen molar-refractivity contribution in [1.29, 1.82) is 0 Å². The number of hydrogen-bond acceptors (Lipinski definition) is 4. The van der Waals surface area contributed by atoms with Gasteiger partial charge in [0, 0.05) is 18.7 Å². The summed E-state index contributed by atoms with van der Waals surface area (Å²) >= 11 is 0. The van der Waals surface area contributed by atoms with Crippen LogP contribution < -0.4 is 10.6 Å². The third-order valence-electron chi connectivity index (χ3n) is 3.74. The first-order chi connectivity index (χ1) is 8.13. The Hall–Kier alpha value is -1.32. The predicted molar refractivity (Wildman–Crippen MR) is 71.0 cm³/mol. The molecule has 1 aromatic heterocycles. The lowest BCUT2D eigenvalue weighted by Gasteiger charge is -2.21. The number of aromatic nitrogens is 2. The van der Waals surface area contributed by atoms with E-state index in [-0.39, 0.29) is 0 Å². The molecule has 1 saturated heterocycles. The van der Waals surface area contributed by atoms with Crippen LogP contribution >= 0.6 is 0 Å². The van der Waals surface area contributed by atoms with Crippen LogP contribution in [0.4, 0.5) is 11.6 Å². The highest BCUT2D eigenvalue weighted by atomic mass is 15.2. The summed E-state index contributed by atoms with van der Waals surface area (Å²) in [6, 6.07) is 0. The quantitative estimate of drug-likeness (QED) is 0.870. The fraction of sp³-hybridized carbons (Fsp3) is 0.692. The van der Waals surface area contributed by atoms with Crippen molar-refractivity contribution < 1.29 is 0 Å². The Morgan fingerprint density at radius 1 is 1.29 bits per heavy atom. The first-order valence-corrected chi connectivity index (χ1v) is 6.47. The molecular weight excluding hydrogens is 212 g/mol. The van der Waals surface area contributed by atoms with E-state index in [0.29, 0.717) is 5.82 Å². The third-order valence-corrected chi connectivity index (χ3v) is 3.74. The van der Waals surface area contributed by atoms with Crippen LogP contribution in [0.3, 0.4) is 0 Å². The van der Waals surface area contributed by atoms with Crippen molar-refractivity contribution >= 4 is 11.6 Å². The average molecular weight is 234 g/mol. The highest BCUT2D eigenvalue weighted by Gasteiger charge is 2.28. The van der Waals surface area contributed by atoms with Crippen LogP contribution in [0.15, 0.2) is 6.33 Å². The van der Waals surface area contributed by atoms with Crippen molar-refractivity contribution in [2.24, 2.45) is 11.8 Å². The number of rotatable bonds is 3. The second kappa shape index (κ2) is 4.90. The van der Waals surface area contributed by atoms with E-state index in [1.165, 1.54) is 0 Å². The van der Waals surface area contributed by atoms with Crippen LogP contribution in [-0.2, 0) is 6.42 Å². The number of hydrogen-bond donors (Lipinski definition) is 1.